The third kappa shape index (κ3) is 5.66. The normalized spacial score (nSPS) is 14.5. The van der Waals surface area contributed by atoms with E-state index in [1.165, 1.54) is 12.1 Å². The Hall–Kier alpha value is -2.66. The maximum Gasteiger partial charge on any atom is 0.247 e. The van der Waals surface area contributed by atoms with Gasteiger partial charge in [0.1, 0.15) is 11.6 Å². The van der Waals surface area contributed by atoms with Gasteiger partial charge in [0.05, 0.1) is 6.61 Å². The smallest absolute Gasteiger partial charge is 0.247 e. The summed E-state index contributed by atoms with van der Waals surface area (Å²) in [6, 6.07) is 14.3. The van der Waals surface area contributed by atoms with Crippen molar-refractivity contribution in [3.8, 4) is 5.75 Å². The number of nitrogens with one attached hydrogen (secondary N) is 1. The van der Waals surface area contributed by atoms with Crippen LogP contribution >= 0.6 is 0 Å². The van der Waals surface area contributed by atoms with Gasteiger partial charge in [0, 0.05) is 31.8 Å². The van der Waals surface area contributed by atoms with Crippen LogP contribution in [0.2, 0.25) is 0 Å². The molecule has 1 amide bonds. The third-order valence-electron chi connectivity index (χ3n) is 4.59. The number of carbonyl (C=O) groups is 1. The van der Waals surface area contributed by atoms with E-state index in [-0.39, 0.29) is 11.7 Å². The highest BCUT2D eigenvalue weighted by molar-refractivity contribution is 5.93. The lowest BCUT2D eigenvalue weighted by atomic mass is 10.1. The van der Waals surface area contributed by atoms with Crippen molar-refractivity contribution in [1.29, 1.82) is 0 Å². The molecule has 0 spiro atoms. The first-order valence-electron chi connectivity index (χ1n) is 9.30. The lowest BCUT2D eigenvalue weighted by molar-refractivity contribution is -0.117. The van der Waals surface area contributed by atoms with Crippen molar-refractivity contribution in [2.24, 2.45) is 0 Å². The van der Waals surface area contributed by atoms with Gasteiger partial charge in [-0.15, -0.1) is 0 Å². The summed E-state index contributed by atoms with van der Waals surface area (Å²) < 4.78 is 18.4. The number of hydrogen-bond donors (Lipinski definition) is 1. The Morgan fingerprint density at radius 2 is 1.81 bits per heavy atom. The highest BCUT2D eigenvalue weighted by Gasteiger charge is 2.17. The molecule has 1 aliphatic heterocycles. The molecule has 0 aromatic heterocycles. The first-order valence-corrected chi connectivity index (χ1v) is 9.30. The van der Waals surface area contributed by atoms with Crippen LogP contribution in [0.25, 0.3) is 0 Å². The molecule has 0 bridgehead atoms. The van der Waals surface area contributed by atoms with E-state index in [0.717, 1.165) is 48.5 Å². The second kappa shape index (κ2) is 9.33. The van der Waals surface area contributed by atoms with E-state index in [1.54, 1.807) is 12.1 Å². The first-order chi connectivity index (χ1) is 13.1. The molecule has 0 fully saturated rings. The Morgan fingerprint density at radius 3 is 2.44 bits per heavy atom. The molecule has 1 aliphatic rings. The van der Waals surface area contributed by atoms with E-state index in [4.69, 9.17) is 4.74 Å². The van der Waals surface area contributed by atoms with E-state index >= 15 is 0 Å². The molecule has 0 saturated heterocycles. The summed E-state index contributed by atoms with van der Waals surface area (Å²) in [5.41, 5.74) is 2.95. The molecule has 5 heteroatoms. The molecule has 1 N–H and O–H groups in total. The summed E-state index contributed by atoms with van der Waals surface area (Å²) in [5.74, 6) is 0.609. The lowest BCUT2D eigenvalue weighted by Crippen LogP contribution is -2.33. The topological polar surface area (TPSA) is 41.6 Å². The molecular formula is C22H25FN2O2. The zero-order valence-electron chi connectivity index (χ0n) is 15.6. The van der Waals surface area contributed by atoms with Crippen LogP contribution in [0.3, 0.4) is 0 Å². The third-order valence-corrected chi connectivity index (χ3v) is 4.59. The van der Waals surface area contributed by atoms with Crippen molar-refractivity contribution < 1.29 is 13.9 Å². The SMILES string of the molecule is CCOc1ccc(CNC(=O)C2=CCN(Cc3ccc(F)cc3)CC2)cc1. The second-order valence-corrected chi connectivity index (χ2v) is 6.60. The number of rotatable bonds is 7. The van der Waals surface area contributed by atoms with Crippen molar-refractivity contribution in [3.05, 3.63) is 77.1 Å². The minimum Gasteiger partial charge on any atom is -0.494 e. The Bertz CT molecular complexity index is 785. The van der Waals surface area contributed by atoms with Gasteiger partial charge in [-0.1, -0.05) is 30.3 Å². The van der Waals surface area contributed by atoms with Gasteiger partial charge in [-0.3, -0.25) is 9.69 Å². The number of halogens is 1. The van der Waals surface area contributed by atoms with Gasteiger partial charge < -0.3 is 10.1 Å². The van der Waals surface area contributed by atoms with Gasteiger partial charge >= 0.3 is 0 Å². The standard InChI is InChI=1S/C22H25FN2O2/c1-2-27-21-9-5-17(6-10-21)15-24-22(26)19-11-13-25(14-12-19)16-18-3-7-20(23)8-4-18/h3-11H,2,12-16H2,1H3,(H,24,26). The molecule has 0 aliphatic carbocycles. The van der Waals surface area contributed by atoms with Crippen LogP contribution in [0.4, 0.5) is 4.39 Å². The van der Waals surface area contributed by atoms with Gasteiger partial charge in [0.25, 0.3) is 0 Å². The fraction of sp³-hybridized carbons (Fsp3) is 0.318. The van der Waals surface area contributed by atoms with Crippen LogP contribution in [0.5, 0.6) is 5.75 Å². The number of benzene rings is 2. The molecule has 1 heterocycles. The summed E-state index contributed by atoms with van der Waals surface area (Å²) in [6.45, 7) is 5.40. The van der Waals surface area contributed by atoms with E-state index in [1.807, 2.05) is 37.3 Å². The number of amides is 1. The molecule has 0 saturated carbocycles. The molecule has 142 valence electrons. The van der Waals surface area contributed by atoms with Crippen LogP contribution in [0.1, 0.15) is 24.5 Å². The molecule has 27 heavy (non-hydrogen) atoms. The predicted molar refractivity (Wildman–Crippen MR) is 104 cm³/mol. The zero-order valence-corrected chi connectivity index (χ0v) is 15.6. The number of nitrogens with zero attached hydrogens (tertiary/aromatic N) is 1. The summed E-state index contributed by atoms with van der Waals surface area (Å²) in [7, 11) is 0. The van der Waals surface area contributed by atoms with Crippen LogP contribution in [-0.4, -0.2) is 30.5 Å². The Labute approximate surface area is 159 Å². The van der Waals surface area contributed by atoms with Crippen LogP contribution in [0.15, 0.2) is 60.2 Å². The summed E-state index contributed by atoms with van der Waals surface area (Å²) in [6.07, 6.45) is 2.71. The Balaban J connectivity index is 1.46. The maximum absolute atomic E-state index is 13.0. The monoisotopic (exact) mass is 368 g/mol. The summed E-state index contributed by atoms with van der Waals surface area (Å²) in [5, 5.41) is 2.98. The van der Waals surface area contributed by atoms with Gasteiger partial charge in [-0.05, 0) is 48.7 Å². The molecule has 3 rings (SSSR count). The van der Waals surface area contributed by atoms with Crippen LogP contribution in [0, 0.1) is 5.82 Å². The molecule has 2 aromatic rings. The van der Waals surface area contributed by atoms with E-state index < -0.39 is 0 Å². The maximum atomic E-state index is 13.0. The summed E-state index contributed by atoms with van der Waals surface area (Å²) in [4.78, 5) is 14.6. The minimum absolute atomic E-state index is 0.00897. The van der Waals surface area contributed by atoms with Crippen molar-refractivity contribution in [2.75, 3.05) is 19.7 Å². The second-order valence-electron chi connectivity index (χ2n) is 6.60. The number of carbonyl (C=O) groups excluding carboxylic acids is 1. The molecule has 4 nitrogen and oxygen atoms in total. The van der Waals surface area contributed by atoms with E-state index in [0.29, 0.717) is 13.2 Å². The highest BCUT2D eigenvalue weighted by atomic mass is 19.1. The molecular weight excluding hydrogens is 343 g/mol. The molecule has 0 radical (unpaired) electrons. The van der Waals surface area contributed by atoms with Gasteiger partial charge in [-0.2, -0.15) is 0 Å². The van der Waals surface area contributed by atoms with Crippen molar-refractivity contribution in [2.45, 2.75) is 26.4 Å². The largest absolute Gasteiger partial charge is 0.494 e. The fourth-order valence-electron chi connectivity index (χ4n) is 3.08. The summed E-state index contributed by atoms with van der Waals surface area (Å²) >= 11 is 0. The van der Waals surface area contributed by atoms with E-state index in [2.05, 4.69) is 10.2 Å². The lowest BCUT2D eigenvalue weighted by Gasteiger charge is -2.26. The quantitative estimate of drug-likeness (QED) is 0.811. The van der Waals surface area contributed by atoms with Crippen LogP contribution in [-0.2, 0) is 17.9 Å². The van der Waals surface area contributed by atoms with E-state index in [9.17, 15) is 9.18 Å². The Kier molecular flexibility index (Phi) is 6.60. The van der Waals surface area contributed by atoms with Gasteiger partial charge in [-0.25, -0.2) is 4.39 Å². The van der Waals surface area contributed by atoms with Crippen molar-refractivity contribution in [1.82, 2.24) is 10.2 Å². The number of ether oxygens (including phenoxy) is 1. The highest BCUT2D eigenvalue weighted by Crippen LogP contribution is 2.15. The van der Waals surface area contributed by atoms with Crippen molar-refractivity contribution in [3.63, 3.8) is 0 Å². The minimum atomic E-state index is -0.219. The fourth-order valence-corrected chi connectivity index (χ4v) is 3.08. The van der Waals surface area contributed by atoms with Crippen LogP contribution < -0.4 is 10.1 Å². The van der Waals surface area contributed by atoms with Gasteiger partial charge in [0.2, 0.25) is 5.91 Å². The number of hydrogen-bond acceptors (Lipinski definition) is 3. The average molecular weight is 368 g/mol. The first kappa shape index (κ1) is 19.1. The van der Waals surface area contributed by atoms with Crippen molar-refractivity contribution >= 4 is 5.91 Å². The average Bonchev–Trinajstić information content (AvgIpc) is 2.70. The predicted octanol–water partition coefficient (Wildman–Crippen LogP) is 3.67. The molecule has 0 atom stereocenters. The molecule has 0 unspecified atom stereocenters. The molecule has 2 aromatic carbocycles. The Morgan fingerprint density at radius 1 is 1.11 bits per heavy atom. The zero-order chi connectivity index (χ0) is 19.1. The van der Waals surface area contributed by atoms with Gasteiger partial charge in [0.15, 0.2) is 0 Å².